The summed E-state index contributed by atoms with van der Waals surface area (Å²) < 4.78 is 0. The molecule has 1 unspecified atom stereocenters. The smallest absolute Gasteiger partial charge is 0.0718 e. The summed E-state index contributed by atoms with van der Waals surface area (Å²) in [5.74, 6) is 0.509. The Kier molecular flexibility index (Phi) is 5.12. The van der Waals surface area contributed by atoms with E-state index in [1.165, 1.54) is 5.56 Å². The largest absolute Gasteiger partial charge is 0.383 e. The summed E-state index contributed by atoms with van der Waals surface area (Å²) in [7, 11) is 0. The molecule has 1 N–H and O–H groups in total. The molecule has 0 aromatic heterocycles. The van der Waals surface area contributed by atoms with Crippen LogP contribution >= 0.6 is 23.2 Å². The van der Waals surface area contributed by atoms with Crippen molar-refractivity contribution >= 4 is 28.9 Å². The molecule has 19 heavy (non-hydrogen) atoms. The van der Waals surface area contributed by atoms with Gasteiger partial charge in [-0.15, -0.1) is 0 Å². The molecular weight excluding hydrogens is 277 g/mol. The van der Waals surface area contributed by atoms with Gasteiger partial charge in [0.05, 0.1) is 15.7 Å². The van der Waals surface area contributed by atoms with Crippen LogP contribution in [0.25, 0.3) is 0 Å². The summed E-state index contributed by atoms with van der Waals surface area (Å²) in [5.41, 5.74) is 2.18. The maximum atomic E-state index is 6.11. The van der Waals surface area contributed by atoms with Gasteiger partial charge in [0.1, 0.15) is 0 Å². The van der Waals surface area contributed by atoms with Gasteiger partial charge >= 0.3 is 0 Å². The fraction of sp³-hybridized carbons (Fsp3) is 0.250. The lowest BCUT2D eigenvalue weighted by Crippen LogP contribution is -2.06. The molecule has 0 aliphatic heterocycles. The minimum Gasteiger partial charge on any atom is -0.383 e. The zero-order chi connectivity index (χ0) is 13.7. The van der Waals surface area contributed by atoms with E-state index in [4.69, 9.17) is 23.2 Å². The molecule has 0 amide bonds. The molecule has 0 bridgehead atoms. The second kappa shape index (κ2) is 6.83. The minimum absolute atomic E-state index is 0.509. The Morgan fingerprint density at radius 2 is 1.58 bits per heavy atom. The van der Waals surface area contributed by atoms with Crippen molar-refractivity contribution in [2.45, 2.75) is 19.3 Å². The van der Waals surface area contributed by atoms with Gasteiger partial charge in [0.2, 0.25) is 0 Å². The highest BCUT2D eigenvalue weighted by Crippen LogP contribution is 2.30. The van der Waals surface area contributed by atoms with Gasteiger partial charge in [-0.1, -0.05) is 66.5 Å². The Morgan fingerprint density at radius 1 is 0.947 bits per heavy atom. The van der Waals surface area contributed by atoms with Crippen molar-refractivity contribution in [1.29, 1.82) is 0 Å². The van der Waals surface area contributed by atoms with E-state index in [0.29, 0.717) is 16.0 Å². The third-order valence-electron chi connectivity index (χ3n) is 3.21. The lowest BCUT2D eigenvalue weighted by atomic mass is 9.98. The molecule has 100 valence electrons. The summed E-state index contributed by atoms with van der Waals surface area (Å²) in [4.78, 5) is 0. The summed E-state index contributed by atoms with van der Waals surface area (Å²) in [6.07, 6.45) is 1.03. The van der Waals surface area contributed by atoms with Crippen molar-refractivity contribution in [1.82, 2.24) is 0 Å². The molecule has 0 aliphatic rings. The Morgan fingerprint density at radius 3 is 2.21 bits per heavy atom. The molecule has 0 heterocycles. The van der Waals surface area contributed by atoms with E-state index < -0.39 is 0 Å². The predicted molar refractivity (Wildman–Crippen MR) is 84.4 cm³/mol. The van der Waals surface area contributed by atoms with E-state index in [-0.39, 0.29) is 0 Å². The van der Waals surface area contributed by atoms with Crippen LogP contribution in [0.15, 0.2) is 48.5 Å². The van der Waals surface area contributed by atoms with Crippen LogP contribution in [0.4, 0.5) is 5.69 Å². The van der Waals surface area contributed by atoms with Crippen molar-refractivity contribution in [3.8, 4) is 0 Å². The molecule has 0 saturated heterocycles. The van der Waals surface area contributed by atoms with Crippen molar-refractivity contribution < 1.29 is 0 Å². The van der Waals surface area contributed by atoms with Crippen LogP contribution in [0.1, 0.15) is 24.8 Å². The summed E-state index contributed by atoms with van der Waals surface area (Å²) in [5, 5.41) is 4.65. The molecule has 2 aromatic carbocycles. The summed E-state index contributed by atoms with van der Waals surface area (Å²) in [6, 6.07) is 16.0. The van der Waals surface area contributed by atoms with Crippen LogP contribution in [-0.2, 0) is 0 Å². The average molecular weight is 294 g/mol. The molecular formula is C16H17Cl2N. The minimum atomic E-state index is 0.509. The number of hydrogen-bond acceptors (Lipinski definition) is 1. The number of anilines is 1. The third kappa shape index (κ3) is 3.89. The normalized spacial score (nSPS) is 12.2. The molecule has 0 saturated carbocycles. The number of nitrogens with one attached hydrogen (secondary N) is 1. The van der Waals surface area contributed by atoms with E-state index in [0.717, 1.165) is 18.7 Å². The standard InChI is InChI=1S/C16H17Cl2N/c1-12(13-6-3-2-4-7-13)10-11-19-16-14(17)8-5-9-15(16)18/h2-9,12,19H,10-11H2,1H3. The first-order valence-corrected chi connectivity index (χ1v) is 7.17. The number of para-hydroxylation sites is 1. The summed E-state index contributed by atoms with van der Waals surface area (Å²) >= 11 is 12.2. The zero-order valence-electron chi connectivity index (χ0n) is 10.9. The maximum Gasteiger partial charge on any atom is 0.0718 e. The van der Waals surface area contributed by atoms with Crippen molar-refractivity contribution in [3.63, 3.8) is 0 Å². The van der Waals surface area contributed by atoms with Crippen molar-refractivity contribution in [2.75, 3.05) is 11.9 Å². The van der Waals surface area contributed by atoms with Crippen LogP contribution < -0.4 is 5.32 Å². The van der Waals surface area contributed by atoms with Gasteiger partial charge in [-0.3, -0.25) is 0 Å². The van der Waals surface area contributed by atoms with Gasteiger partial charge in [0.15, 0.2) is 0 Å². The lowest BCUT2D eigenvalue weighted by Gasteiger charge is -2.14. The first-order valence-electron chi connectivity index (χ1n) is 6.41. The molecule has 2 rings (SSSR count). The first kappa shape index (κ1) is 14.2. The Labute approximate surface area is 124 Å². The van der Waals surface area contributed by atoms with E-state index in [2.05, 4.69) is 36.5 Å². The number of hydrogen-bond donors (Lipinski definition) is 1. The van der Waals surface area contributed by atoms with Crippen LogP contribution in [0.2, 0.25) is 10.0 Å². The van der Waals surface area contributed by atoms with Crippen LogP contribution in [0.5, 0.6) is 0 Å². The topological polar surface area (TPSA) is 12.0 Å². The molecule has 1 nitrogen and oxygen atoms in total. The maximum absolute atomic E-state index is 6.11. The van der Waals surface area contributed by atoms with Gasteiger partial charge in [0.25, 0.3) is 0 Å². The van der Waals surface area contributed by atoms with Gasteiger partial charge in [-0.05, 0) is 30.0 Å². The lowest BCUT2D eigenvalue weighted by molar-refractivity contribution is 0.706. The van der Waals surface area contributed by atoms with Gasteiger partial charge in [-0.25, -0.2) is 0 Å². The zero-order valence-corrected chi connectivity index (χ0v) is 12.4. The molecule has 0 spiro atoms. The Hall–Kier alpha value is -1.18. The average Bonchev–Trinajstić information content (AvgIpc) is 2.43. The highest BCUT2D eigenvalue weighted by molar-refractivity contribution is 6.39. The molecule has 0 aliphatic carbocycles. The fourth-order valence-corrected chi connectivity index (χ4v) is 2.56. The van der Waals surface area contributed by atoms with E-state index in [1.807, 2.05) is 24.3 Å². The molecule has 3 heteroatoms. The van der Waals surface area contributed by atoms with Crippen molar-refractivity contribution in [3.05, 3.63) is 64.1 Å². The SMILES string of the molecule is CC(CCNc1c(Cl)cccc1Cl)c1ccccc1. The summed E-state index contributed by atoms with van der Waals surface area (Å²) in [6.45, 7) is 3.07. The highest BCUT2D eigenvalue weighted by Gasteiger charge is 2.07. The molecule has 0 radical (unpaired) electrons. The molecule has 2 aromatic rings. The second-order valence-corrected chi connectivity index (χ2v) is 5.44. The number of halogens is 2. The highest BCUT2D eigenvalue weighted by atomic mass is 35.5. The fourth-order valence-electron chi connectivity index (χ4n) is 2.03. The molecule has 1 atom stereocenters. The quantitative estimate of drug-likeness (QED) is 0.757. The van der Waals surface area contributed by atoms with Crippen LogP contribution in [-0.4, -0.2) is 6.54 Å². The van der Waals surface area contributed by atoms with Crippen LogP contribution in [0, 0.1) is 0 Å². The monoisotopic (exact) mass is 293 g/mol. The van der Waals surface area contributed by atoms with Gasteiger partial charge in [0, 0.05) is 6.54 Å². The van der Waals surface area contributed by atoms with E-state index in [1.54, 1.807) is 0 Å². The van der Waals surface area contributed by atoms with Gasteiger partial charge in [-0.2, -0.15) is 0 Å². The third-order valence-corrected chi connectivity index (χ3v) is 3.84. The second-order valence-electron chi connectivity index (χ2n) is 4.62. The first-order chi connectivity index (χ1) is 9.18. The van der Waals surface area contributed by atoms with E-state index in [9.17, 15) is 0 Å². The molecule has 0 fully saturated rings. The van der Waals surface area contributed by atoms with E-state index >= 15 is 0 Å². The number of rotatable bonds is 5. The van der Waals surface area contributed by atoms with Crippen molar-refractivity contribution in [2.24, 2.45) is 0 Å². The Balaban J connectivity index is 1.90. The number of benzene rings is 2. The van der Waals surface area contributed by atoms with Gasteiger partial charge < -0.3 is 5.32 Å². The van der Waals surface area contributed by atoms with Crippen LogP contribution in [0.3, 0.4) is 0 Å². The predicted octanol–water partition coefficient (Wildman–Crippen LogP) is 5.60. The Bertz CT molecular complexity index is 505.